The number of nitro groups is 1. The molecule has 3 rings (SSSR count). The fraction of sp³-hybridized carbons (Fsp3) is 0.188. The molecule has 0 atom stereocenters. The van der Waals surface area contributed by atoms with Crippen LogP contribution in [-0.2, 0) is 6.42 Å². The van der Waals surface area contributed by atoms with Crippen molar-refractivity contribution in [1.82, 2.24) is 19.9 Å². The Labute approximate surface area is 137 Å². The Morgan fingerprint density at radius 3 is 2.92 bits per heavy atom. The van der Waals surface area contributed by atoms with E-state index in [4.69, 9.17) is 0 Å². The van der Waals surface area contributed by atoms with E-state index < -0.39 is 4.92 Å². The minimum atomic E-state index is -0.492. The van der Waals surface area contributed by atoms with Gasteiger partial charge in [0.15, 0.2) is 5.65 Å². The van der Waals surface area contributed by atoms with Gasteiger partial charge in [-0.05, 0) is 25.1 Å². The number of hydrogen-bond donors (Lipinski definition) is 1. The number of pyridine rings is 1. The molecule has 0 saturated carbocycles. The number of rotatable bonds is 5. The molecule has 0 bridgehead atoms. The molecular weight excluding hydrogens is 310 g/mol. The van der Waals surface area contributed by atoms with Crippen molar-refractivity contribution in [3.05, 3.63) is 69.7 Å². The molecule has 2 aromatic heterocycles. The number of benzene rings is 1. The first-order valence-corrected chi connectivity index (χ1v) is 7.38. The Bertz CT molecular complexity index is 919. The van der Waals surface area contributed by atoms with Gasteiger partial charge in [-0.15, -0.1) is 10.2 Å². The number of nitrogens with one attached hydrogen (secondary N) is 1. The molecule has 3 aromatic rings. The predicted octanol–water partition coefficient (Wildman–Crippen LogP) is 1.92. The monoisotopic (exact) mass is 325 g/mol. The molecule has 0 unspecified atom stereocenters. The molecule has 8 heteroatoms. The van der Waals surface area contributed by atoms with Crippen molar-refractivity contribution >= 4 is 17.2 Å². The molecule has 24 heavy (non-hydrogen) atoms. The highest BCUT2D eigenvalue weighted by Crippen LogP contribution is 2.19. The lowest BCUT2D eigenvalue weighted by molar-refractivity contribution is -0.385. The predicted molar refractivity (Wildman–Crippen MR) is 86.9 cm³/mol. The van der Waals surface area contributed by atoms with Crippen LogP contribution in [0.15, 0.2) is 42.6 Å². The van der Waals surface area contributed by atoms with Gasteiger partial charge in [0.05, 0.1) is 4.92 Å². The van der Waals surface area contributed by atoms with E-state index in [9.17, 15) is 14.9 Å². The third-order valence-electron chi connectivity index (χ3n) is 3.69. The number of amides is 1. The number of aryl methyl sites for hydroxylation is 1. The molecule has 8 nitrogen and oxygen atoms in total. The van der Waals surface area contributed by atoms with Gasteiger partial charge in [0.1, 0.15) is 5.82 Å². The van der Waals surface area contributed by atoms with Crippen LogP contribution in [0, 0.1) is 17.0 Å². The fourth-order valence-electron chi connectivity index (χ4n) is 2.40. The maximum atomic E-state index is 12.1. The highest BCUT2D eigenvalue weighted by atomic mass is 16.6. The Kier molecular flexibility index (Phi) is 4.19. The van der Waals surface area contributed by atoms with E-state index in [1.807, 2.05) is 28.8 Å². The lowest BCUT2D eigenvalue weighted by atomic mass is 10.1. The molecule has 0 spiro atoms. The number of nitrogens with zero attached hydrogens (tertiary/aromatic N) is 4. The zero-order valence-electron chi connectivity index (χ0n) is 13.0. The smallest absolute Gasteiger partial charge is 0.273 e. The van der Waals surface area contributed by atoms with Crippen LogP contribution in [0.3, 0.4) is 0 Å². The highest BCUT2D eigenvalue weighted by Gasteiger charge is 2.15. The summed E-state index contributed by atoms with van der Waals surface area (Å²) >= 11 is 0. The standard InChI is InChI=1S/C16H15N5O3/c1-11-5-6-12(10-13(11)21(23)24)16(22)17-8-7-15-19-18-14-4-2-3-9-20(14)15/h2-6,9-10H,7-8H2,1H3,(H,17,22). The lowest BCUT2D eigenvalue weighted by Gasteiger charge is -2.05. The largest absolute Gasteiger partial charge is 0.352 e. The molecule has 0 radical (unpaired) electrons. The third kappa shape index (κ3) is 3.07. The second-order valence-corrected chi connectivity index (χ2v) is 5.31. The first kappa shape index (κ1) is 15.6. The molecule has 2 heterocycles. The number of aromatic nitrogens is 3. The van der Waals surface area contributed by atoms with Crippen molar-refractivity contribution in [2.24, 2.45) is 0 Å². The summed E-state index contributed by atoms with van der Waals surface area (Å²) in [6, 6.07) is 10.0. The summed E-state index contributed by atoms with van der Waals surface area (Å²) in [4.78, 5) is 22.6. The van der Waals surface area contributed by atoms with Crippen LogP contribution < -0.4 is 5.32 Å². The number of fused-ring (bicyclic) bond motifs is 1. The van der Waals surface area contributed by atoms with Crippen molar-refractivity contribution in [3.63, 3.8) is 0 Å². The van der Waals surface area contributed by atoms with E-state index in [1.54, 1.807) is 19.1 Å². The second kappa shape index (κ2) is 6.45. The van der Waals surface area contributed by atoms with E-state index in [2.05, 4.69) is 15.5 Å². The van der Waals surface area contributed by atoms with E-state index in [1.165, 1.54) is 6.07 Å². The van der Waals surface area contributed by atoms with Gasteiger partial charge in [0.25, 0.3) is 11.6 Å². The molecule has 122 valence electrons. The molecule has 0 aliphatic rings. The molecule has 0 aliphatic heterocycles. The van der Waals surface area contributed by atoms with Crippen LogP contribution in [0.5, 0.6) is 0 Å². The van der Waals surface area contributed by atoms with Crippen LogP contribution >= 0.6 is 0 Å². The van der Waals surface area contributed by atoms with Crippen molar-refractivity contribution in [2.75, 3.05) is 6.54 Å². The van der Waals surface area contributed by atoms with Crippen LogP contribution in [0.1, 0.15) is 21.7 Å². The van der Waals surface area contributed by atoms with Gasteiger partial charge in [0.2, 0.25) is 0 Å². The third-order valence-corrected chi connectivity index (χ3v) is 3.69. The minimum absolute atomic E-state index is 0.0638. The molecule has 1 N–H and O–H groups in total. The SMILES string of the molecule is Cc1ccc(C(=O)NCCc2nnc3ccccn23)cc1[N+](=O)[O-]. The van der Waals surface area contributed by atoms with Crippen molar-refractivity contribution < 1.29 is 9.72 Å². The lowest BCUT2D eigenvalue weighted by Crippen LogP contribution is -2.26. The summed E-state index contributed by atoms with van der Waals surface area (Å²) in [7, 11) is 0. The van der Waals surface area contributed by atoms with Crippen LogP contribution in [0.4, 0.5) is 5.69 Å². The molecular formula is C16H15N5O3. The zero-order chi connectivity index (χ0) is 17.1. The number of hydrogen-bond acceptors (Lipinski definition) is 5. The van der Waals surface area contributed by atoms with Gasteiger partial charge >= 0.3 is 0 Å². The molecule has 0 aliphatic carbocycles. The number of carbonyl (C=O) groups excluding carboxylic acids is 1. The maximum Gasteiger partial charge on any atom is 0.273 e. The topological polar surface area (TPSA) is 102 Å². The van der Waals surface area contributed by atoms with E-state index in [0.717, 1.165) is 11.5 Å². The van der Waals surface area contributed by atoms with Gasteiger partial charge in [-0.25, -0.2) is 0 Å². The van der Waals surface area contributed by atoms with Crippen LogP contribution in [0.25, 0.3) is 5.65 Å². The minimum Gasteiger partial charge on any atom is -0.352 e. The van der Waals surface area contributed by atoms with Crippen molar-refractivity contribution in [2.45, 2.75) is 13.3 Å². The Hall–Kier alpha value is -3.29. The van der Waals surface area contributed by atoms with Crippen molar-refractivity contribution in [1.29, 1.82) is 0 Å². The first-order chi connectivity index (χ1) is 11.6. The van der Waals surface area contributed by atoms with Gasteiger partial charge < -0.3 is 5.32 Å². The molecule has 0 fully saturated rings. The highest BCUT2D eigenvalue weighted by molar-refractivity contribution is 5.94. The normalized spacial score (nSPS) is 10.7. The average molecular weight is 325 g/mol. The quantitative estimate of drug-likeness (QED) is 0.570. The zero-order valence-corrected chi connectivity index (χ0v) is 13.0. The molecule has 0 saturated heterocycles. The summed E-state index contributed by atoms with van der Waals surface area (Å²) < 4.78 is 1.85. The van der Waals surface area contributed by atoms with Gasteiger partial charge in [-0.3, -0.25) is 19.3 Å². The first-order valence-electron chi connectivity index (χ1n) is 7.38. The summed E-state index contributed by atoms with van der Waals surface area (Å²) in [5.41, 5.74) is 1.46. The molecule has 1 aromatic carbocycles. The van der Waals surface area contributed by atoms with E-state index in [0.29, 0.717) is 18.5 Å². The summed E-state index contributed by atoms with van der Waals surface area (Å²) in [5.74, 6) is 0.382. The van der Waals surface area contributed by atoms with E-state index >= 15 is 0 Å². The summed E-state index contributed by atoms with van der Waals surface area (Å²) in [5, 5.41) is 21.8. The number of carbonyl (C=O) groups is 1. The van der Waals surface area contributed by atoms with Gasteiger partial charge in [-0.1, -0.05) is 12.1 Å². The van der Waals surface area contributed by atoms with E-state index in [-0.39, 0.29) is 17.2 Å². The second-order valence-electron chi connectivity index (χ2n) is 5.31. The van der Waals surface area contributed by atoms with Crippen LogP contribution in [0.2, 0.25) is 0 Å². The van der Waals surface area contributed by atoms with Crippen molar-refractivity contribution in [3.8, 4) is 0 Å². The summed E-state index contributed by atoms with van der Waals surface area (Å²) in [6.07, 6.45) is 2.36. The molecule has 1 amide bonds. The summed E-state index contributed by atoms with van der Waals surface area (Å²) in [6.45, 7) is 1.99. The fourth-order valence-corrected chi connectivity index (χ4v) is 2.40. The Balaban J connectivity index is 1.66. The average Bonchev–Trinajstić information content (AvgIpc) is 2.98. The number of nitro benzene ring substituents is 1. The Morgan fingerprint density at radius 1 is 1.29 bits per heavy atom. The van der Waals surface area contributed by atoms with Gasteiger partial charge in [-0.2, -0.15) is 0 Å². The Morgan fingerprint density at radius 2 is 2.12 bits per heavy atom. The maximum absolute atomic E-state index is 12.1. The van der Waals surface area contributed by atoms with Crippen LogP contribution in [-0.4, -0.2) is 32.0 Å². The van der Waals surface area contributed by atoms with Gasteiger partial charge in [0, 0.05) is 36.4 Å².